The molecule has 1 aliphatic carbocycles. The van der Waals surface area contributed by atoms with Crippen LogP contribution >= 0.6 is 0 Å². The molecule has 1 saturated carbocycles. The van der Waals surface area contributed by atoms with Crippen molar-refractivity contribution in [2.24, 2.45) is 11.7 Å². The fourth-order valence-corrected chi connectivity index (χ4v) is 2.39. The molecule has 1 fully saturated rings. The maximum absolute atomic E-state index is 11.8. The van der Waals surface area contributed by atoms with Crippen LogP contribution in [0.1, 0.15) is 25.5 Å². The van der Waals surface area contributed by atoms with E-state index >= 15 is 0 Å². The first-order valence-electron chi connectivity index (χ1n) is 6.13. The Bertz CT molecular complexity index is 410. The van der Waals surface area contributed by atoms with Gasteiger partial charge in [-0.15, -0.1) is 0 Å². The molecule has 5 heteroatoms. The fourth-order valence-electron chi connectivity index (χ4n) is 2.39. The monoisotopic (exact) mass is 236 g/mol. The topological polar surface area (TPSA) is 72.9 Å². The van der Waals surface area contributed by atoms with E-state index in [1.54, 1.807) is 6.20 Å². The van der Waals surface area contributed by atoms with Crippen LogP contribution in [0.3, 0.4) is 0 Å². The van der Waals surface area contributed by atoms with Gasteiger partial charge in [0.25, 0.3) is 0 Å². The van der Waals surface area contributed by atoms with Gasteiger partial charge in [0.1, 0.15) is 5.54 Å². The molecule has 0 bridgehead atoms. The first-order valence-corrected chi connectivity index (χ1v) is 6.13. The van der Waals surface area contributed by atoms with Crippen molar-refractivity contribution in [1.29, 1.82) is 0 Å². The van der Waals surface area contributed by atoms with E-state index < -0.39 is 5.54 Å². The van der Waals surface area contributed by atoms with Gasteiger partial charge in [0.2, 0.25) is 5.91 Å². The summed E-state index contributed by atoms with van der Waals surface area (Å²) in [5.74, 6) is 0.0836. The second-order valence-electron chi connectivity index (χ2n) is 4.77. The predicted molar refractivity (Wildman–Crippen MR) is 65.3 cm³/mol. The Labute approximate surface area is 101 Å². The van der Waals surface area contributed by atoms with E-state index in [1.165, 1.54) is 0 Å². The molecule has 0 aliphatic heterocycles. The Kier molecular flexibility index (Phi) is 3.19. The van der Waals surface area contributed by atoms with Crippen molar-refractivity contribution in [2.75, 3.05) is 6.54 Å². The van der Waals surface area contributed by atoms with E-state index in [1.807, 2.05) is 24.6 Å². The summed E-state index contributed by atoms with van der Waals surface area (Å²) in [5.41, 5.74) is 6.04. The standard InChI is InChI=1S/C12H20N4O/c1-3-14-12(11(13)17,10-4-5-10)8-16-9(2)6-7-15-16/h6-7,10,14H,3-5,8H2,1-2H3,(H2,13,17). The van der Waals surface area contributed by atoms with Gasteiger partial charge < -0.3 is 11.1 Å². The average molecular weight is 236 g/mol. The van der Waals surface area contributed by atoms with Crippen LogP contribution in [0.25, 0.3) is 0 Å². The fraction of sp³-hybridized carbons (Fsp3) is 0.667. The zero-order valence-electron chi connectivity index (χ0n) is 10.4. The summed E-state index contributed by atoms with van der Waals surface area (Å²) >= 11 is 0. The van der Waals surface area contributed by atoms with Crippen LogP contribution in [-0.4, -0.2) is 27.8 Å². The molecule has 0 radical (unpaired) electrons. The lowest BCUT2D eigenvalue weighted by molar-refractivity contribution is -0.126. The summed E-state index contributed by atoms with van der Waals surface area (Å²) in [6, 6.07) is 1.94. The number of aromatic nitrogens is 2. The number of rotatable bonds is 6. The Hall–Kier alpha value is -1.36. The minimum Gasteiger partial charge on any atom is -0.368 e. The summed E-state index contributed by atoms with van der Waals surface area (Å²) in [5, 5.41) is 7.53. The average Bonchev–Trinajstić information content (AvgIpc) is 3.04. The number of aryl methyl sites for hydroxylation is 1. The van der Waals surface area contributed by atoms with Gasteiger partial charge in [-0.25, -0.2) is 0 Å². The quantitative estimate of drug-likeness (QED) is 0.752. The molecule has 0 spiro atoms. The lowest BCUT2D eigenvalue weighted by Gasteiger charge is -2.32. The molecule has 0 aromatic carbocycles. The highest BCUT2D eigenvalue weighted by Crippen LogP contribution is 2.40. The maximum atomic E-state index is 11.8. The van der Waals surface area contributed by atoms with Crippen LogP contribution in [0.2, 0.25) is 0 Å². The molecule has 2 rings (SSSR count). The van der Waals surface area contributed by atoms with Crippen LogP contribution in [-0.2, 0) is 11.3 Å². The van der Waals surface area contributed by atoms with Crippen LogP contribution in [0.4, 0.5) is 0 Å². The van der Waals surface area contributed by atoms with Crippen molar-refractivity contribution in [1.82, 2.24) is 15.1 Å². The largest absolute Gasteiger partial charge is 0.368 e. The smallest absolute Gasteiger partial charge is 0.239 e. The van der Waals surface area contributed by atoms with Gasteiger partial charge >= 0.3 is 0 Å². The van der Waals surface area contributed by atoms with Crippen LogP contribution in [0.5, 0.6) is 0 Å². The number of likely N-dealkylation sites (N-methyl/N-ethyl adjacent to an activating group) is 1. The van der Waals surface area contributed by atoms with Crippen LogP contribution in [0.15, 0.2) is 12.3 Å². The number of nitrogens with one attached hydrogen (secondary N) is 1. The van der Waals surface area contributed by atoms with E-state index in [0.29, 0.717) is 12.5 Å². The number of primary amides is 1. The number of nitrogens with zero attached hydrogens (tertiary/aromatic N) is 2. The molecule has 1 unspecified atom stereocenters. The first kappa shape index (κ1) is 12.1. The summed E-state index contributed by atoms with van der Waals surface area (Å²) < 4.78 is 1.85. The molecule has 1 aromatic rings. The van der Waals surface area contributed by atoms with Gasteiger partial charge in [-0.1, -0.05) is 6.92 Å². The summed E-state index contributed by atoms with van der Waals surface area (Å²) in [4.78, 5) is 11.8. The van der Waals surface area contributed by atoms with E-state index in [4.69, 9.17) is 5.73 Å². The second kappa shape index (κ2) is 4.49. The second-order valence-corrected chi connectivity index (χ2v) is 4.77. The molecular weight excluding hydrogens is 216 g/mol. The third kappa shape index (κ3) is 2.20. The van der Waals surface area contributed by atoms with E-state index in [-0.39, 0.29) is 5.91 Å². The summed E-state index contributed by atoms with van der Waals surface area (Å²) in [7, 11) is 0. The Morgan fingerprint density at radius 3 is 2.82 bits per heavy atom. The van der Waals surface area contributed by atoms with Crippen molar-refractivity contribution < 1.29 is 4.79 Å². The molecular formula is C12H20N4O. The number of carbonyl (C=O) groups is 1. The molecule has 0 saturated heterocycles. The van der Waals surface area contributed by atoms with Crippen LogP contribution in [0, 0.1) is 12.8 Å². The van der Waals surface area contributed by atoms with E-state index in [2.05, 4.69) is 10.4 Å². The number of nitrogens with two attached hydrogens (primary N) is 1. The number of hydrogen-bond donors (Lipinski definition) is 2. The Morgan fingerprint density at radius 2 is 2.41 bits per heavy atom. The summed E-state index contributed by atoms with van der Waals surface area (Å²) in [6.45, 7) is 5.24. The molecule has 5 nitrogen and oxygen atoms in total. The van der Waals surface area contributed by atoms with E-state index in [9.17, 15) is 4.79 Å². The van der Waals surface area contributed by atoms with Crippen molar-refractivity contribution >= 4 is 5.91 Å². The number of carbonyl (C=O) groups excluding carboxylic acids is 1. The maximum Gasteiger partial charge on any atom is 0.239 e. The van der Waals surface area contributed by atoms with Crippen molar-refractivity contribution in [2.45, 2.75) is 38.8 Å². The molecule has 1 aromatic heterocycles. The molecule has 94 valence electrons. The van der Waals surface area contributed by atoms with Crippen molar-refractivity contribution in [3.63, 3.8) is 0 Å². The van der Waals surface area contributed by atoms with Gasteiger partial charge in [0.15, 0.2) is 0 Å². The third-order valence-electron chi connectivity index (χ3n) is 3.53. The normalized spacial score (nSPS) is 18.9. The van der Waals surface area contributed by atoms with Crippen LogP contribution < -0.4 is 11.1 Å². The van der Waals surface area contributed by atoms with Gasteiger partial charge in [0, 0.05) is 11.9 Å². The van der Waals surface area contributed by atoms with Gasteiger partial charge in [-0.05, 0) is 38.3 Å². The zero-order valence-corrected chi connectivity index (χ0v) is 10.4. The number of amides is 1. The minimum atomic E-state index is -0.633. The SMILES string of the molecule is CCNC(Cn1nccc1C)(C(N)=O)C1CC1. The third-order valence-corrected chi connectivity index (χ3v) is 3.53. The molecule has 17 heavy (non-hydrogen) atoms. The molecule has 1 atom stereocenters. The lowest BCUT2D eigenvalue weighted by atomic mass is 9.92. The van der Waals surface area contributed by atoms with E-state index in [0.717, 1.165) is 25.1 Å². The highest BCUT2D eigenvalue weighted by atomic mass is 16.1. The molecule has 3 N–H and O–H groups in total. The zero-order chi connectivity index (χ0) is 12.5. The molecule has 1 aliphatic rings. The lowest BCUT2D eigenvalue weighted by Crippen LogP contribution is -2.60. The number of hydrogen-bond acceptors (Lipinski definition) is 3. The minimum absolute atomic E-state index is 0.267. The Balaban J connectivity index is 2.26. The van der Waals surface area contributed by atoms with Gasteiger partial charge in [-0.2, -0.15) is 5.10 Å². The highest BCUT2D eigenvalue weighted by Gasteiger charge is 2.49. The molecule has 1 amide bonds. The summed E-state index contributed by atoms with van der Waals surface area (Å²) in [6.07, 6.45) is 3.88. The van der Waals surface area contributed by atoms with Crippen molar-refractivity contribution in [3.05, 3.63) is 18.0 Å². The predicted octanol–water partition coefficient (Wildman–Crippen LogP) is 0.435. The molecule has 1 heterocycles. The van der Waals surface area contributed by atoms with Crippen molar-refractivity contribution in [3.8, 4) is 0 Å². The first-order chi connectivity index (χ1) is 8.10. The highest BCUT2D eigenvalue weighted by molar-refractivity contribution is 5.85. The van der Waals surface area contributed by atoms with Gasteiger partial charge in [-0.3, -0.25) is 9.48 Å². The van der Waals surface area contributed by atoms with Gasteiger partial charge in [0.05, 0.1) is 6.54 Å². The Morgan fingerprint density at radius 1 is 1.71 bits per heavy atom.